The van der Waals surface area contributed by atoms with Gasteiger partial charge < -0.3 is 15.4 Å². The van der Waals surface area contributed by atoms with Crippen molar-refractivity contribution in [1.82, 2.24) is 19.9 Å². The lowest BCUT2D eigenvalue weighted by molar-refractivity contribution is 0.0492. The predicted molar refractivity (Wildman–Crippen MR) is 113 cm³/mol. The third-order valence-electron chi connectivity index (χ3n) is 4.96. The Kier molecular flexibility index (Phi) is 6.10. The van der Waals surface area contributed by atoms with Crippen LogP contribution in [0.15, 0.2) is 23.1 Å². The molecule has 3 rings (SSSR count). The molecule has 8 nitrogen and oxygen atoms in total. The van der Waals surface area contributed by atoms with Crippen LogP contribution in [0.4, 0.5) is 10.7 Å². The van der Waals surface area contributed by atoms with Gasteiger partial charge in [-0.2, -0.15) is 4.98 Å². The van der Waals surface area contributed by atoms with Crippen LogP contribution < -0.4 is 16.2 Å². The van der Waals surface area contributed by atoms with Crippen LogP contribution in [-0.2, 0) is 4.74 Å². The number of hydrogen-bond donors (Lipinski definition) is 2. The molecular weight excluding hydrogens is 370 g/mol. The van der Waals surface area contributed by atoms with E-state index in [1.54, 1.807) is 22.9 Å². The van der Waals surface area contributed by atoms with Crippen molar-refractivity contribution >= 4 is 23.1 Å². The van der Waals surface area contributed by atoms with Gasteiger partial charge in [-0.3, -0.25) is 9.36 Å². The zero-order valence-electron chi connectivity index (χ0n) is 17.9. The second kappa shape index (κ2) is 8.39. The van der Waals surface area contributed by atoms with Crippen molar-refractivity contribution in [3.63, 3.8) is 0 Å². The lowest BCUT2D eigenvalue weighted by Gasteiger charge is -2.30. The summed E-state index contributed by atoms with van der Waals surface area (Å²) in [6.07, 6.45) is 4.90. The summed E-state index contributed by atoms with van der Waals surface area (Å²) in [7, 11) is 0. The highest BCUT2D eigenvalue weighted by Gasteiger charge is 2.25. The van der Waals surface area contributed by atoms with E-state index in [2.05, 4.69) is 20.6 Å². The van der Waals surface area contributed by atoms with E-state index in [1.165, 1.54) is 0 Å². The van der Waals surface area contributed by atoms with E-state index in [0.717, 1.165) is 31.1 Å². The molecule has 1 saturated carbocycles. The molecule has 2 N–H and O–H groups in total. The summed E-state index contributed by atoms with van der Waals surface area (Å²) in [6.45, 7) is 9.51. The van der Waals surface area contributed by atoms with Crippen molar-refractivity contribution in [2.45, 2.75) is 84.0 Å². The Labute approximate surface area is 171 Å². The SMILES string of the molecule is CC(C)n1c(=O)ccc2cnc(N[C@H]3CC[C@H](NC(=O)OC(C)(C)C)CC3)nc21. The molecule has 8 heteroatoms. The summed E-state index contributed by atoms with van der Waals surface area (Å²) >= 11 is 0. The number of rotatable bonds is 4. The first-order valence-electron chi connectivity index (χ1n) is 10.3. The number of carbonyl (C=O) groups is 1. The molecule has 2 heterocycles. The second-order valence-corrected chi connectivity index (χ2v) is 8.95. The maximum absolute atomic E-state index is 12.2. The van der Waals surface area contributed by atoms with E-state index in [0.29, 0.717) is 11.6 Å². The van der Waals surface area contributed by atoms with E-state index >= 15 is 0 Å². The fraction of sp³-hybridized carbons (Fsp3) is 0.619. The van der Waals surface area contributed by atoms with Crippen molar-refractivity contribution < 1.29 is 9.53 Å². The predicted octanol–water partition coefficient (Wildman–Crippen LogP) is 3.62. The Bertz CT molecular complexity index is 924. The zero-order chi connectivity index (χ0) is 21.2. The molecule has 0 aromatic carbocycles. The molecule has 0 saturated heterocycles. The van der Waals surface area contributed by atoms with Crippen LogP contribution in [-0.4, -0.2) is 38.3 Å². The molecule has 2 aromatic heterocycles. The Morgan fingerprint density at radius 1 is 1.17 bits per heavy atom. The van der Waals surface area contributed by atoms with Crippen LogP contribution in [0, 0.1) is 0 Å². The van der Waals surface area contributed by atoms with E-state index in [4.69, 9.17) is 4.74 Å². The molecule has 1 fully saturated rings. The molecule has 158 valence electrons. The number of amides is 1. The lowest BCUT2D eigenvalue weighted by Crippen LogP contribution is -2.42. The first-order valence-corrected chi connectivity index (χ1v) is 10.3. The third kappa shape index (κ3) is 5.46. The van der Waals surface area contributed by atoms with Gasteiger partial charge in [-0.05, 0) is 66.4 Å². The molecule has 0 bridgehead atoms. The Morgan fingerprint density at radius 2 is 1.83 bits per heavy atom. The highest BCUT2D eigenvalue weighted by Crippen LogP contribution is 2.22. The highest BCUT2D eigenvalue weighted by atomic mass is 16.6. The summed E-state index contributed by atoms with van der Waals surface area (Å²) < 4.78 is 7.01. The van der Waals surface area contributed by atoms with Crippen LogP contribution in [0.3, 0.4) is 0 Å². The van der Waals surface area contributed by atoms with Crippen LogP contribution in [0.2, 0.25) is 0 Å². The first-order chi connectivity index (χ1) is 13.6. The highest BCUT2D eigenvalue weighted by molar-refractivity contribution is 5.75. The van der Waals surface area contributed by atoms with E-state index < -0.39 is 5.60 Å². The molecule has 0 spiro atoms. The average molecular weight is 402 g/mol. The monoisotopic (exact) mass is 401 g/mol. The normalized spacial score (nSPS) is 19.9. The maximum Gasteiger partial charge on any atom is 0.407 e. The molecule has 2 aromatic rings. The number of pyridine rings is 1. The summed E-state index contributed by atoms with van der Waals surface area (Å²) in [4.78, 5) is 33.2. The zero-order valence-corrected chi connectivity index (χ0v) is 17.9. The summed E-state index contributed by atoms with van der Waals surface area (Å²) in [5, 5.41) is 7.18. The van der Waals surface area contributed by atoms with Gasteiger partial charge in [0.05, 0.1) is 0 Å². The number of carbonyl (C=O) groups excluding carboxylic acids is 1. The average Bonchev–Trinajstić information content (AvgIpc) is 2.61. The topological polar surface area (TPSA) is 98.1 Å². The van der Waals surface area contributed by atoms with Gasteiger partial charge in [-0.25, -0.2) is 9.78 Å². The van der Waals surface area contributed by atoms with Gasteiger partial charge in [-0.1, -0.05) is 0 Å². The fourth-order valence-corrected chi connectivity index (χ4v) is 3.65. The fourth-order valence-electron chi connectivity index (χ4n) is 3.65. The number of fused-ring (bicyclic) bond motifs is 1. The molecule has 0 atom stereocenters. The Morgan fingerprint density at radius 3 is 2.45 bits per heavy atom. The number of hydrogen-bond acceptors (Lipinski definition) is 6. The minimum absolute atomic E-state index is 0.0170. The van der Waals surface area contributed by atoms with Crippen molar-refractivity contribution in [2.24, 2.45) is 0 Å². The van der Waals surface area contributed by atoms with Crippen molar-refractivity contribution in [3.8, 4) is 0 Å². The van der Waals surface area contributed by atoms with Crippen LogP contribution in [0.5, 0.6) is 0 Å². The first kappa shape index (κ1) is 21.1. The van der Waals surface area contributed by atoms with E-state index in [9.17, 15) is 9.59 Å². The van der Waals surface area contributed by atoms with Gasteiger partial charge in [-0.15, -0.1) is 0 Å². The summed E-state index contributed by atoms with van der Waals surface area (Å²) in [5.41, 5.74) is 0.0868. The molecule has 29 heavy (non-hydrogen) atoms. The number of nitrogens with one attached hydrogen (secondary N) is 2. The standard InChI is InChI=1S/C21H31N5O3/c1-13(2)26-17(27)11-6-14-12-22-19(25-18(14)26)23-15-7-9-16(10-8-15)24-20(28)29-21(3,4)5/h6,11-13,15-16H,7-10H2,1-5H3,(H,24,28)(H,22,23,25)/t15-,16-. The second-order valence-electron chi connectivity index (χ2n) is 8.95. The van der Waals surface area contributed by atoms with Crippen LogP contribution in [0.1, 0.15) is 66.3 Å². The van der Waals surface area contributed by atoms with Crippen molar-refractivity contribution in [1.29, 1.82) is 0 Å². The molecule has 1 aliphatic rings. The molecule has 0 aliphatic heterocycles. The van der Waals surface area contributed by atoms with Gasteiger partial charge in [0.2, 0.25) is 5.95 Å². The lowest BCUT2D eigenvalue weighted by atomic mass is 9.91. The van der Waals surface area contributed by atoms with E-state index in [-0.39, 0.29) is 29.8 Å². The van der Waals surface area contributed by atoms with Gasteiger partial charge in [0, 0.05) is 35.8 Å². The number of ether oxygens (including phenoxy) is 1. The summed E-state index contributed by atoms with van der Waals surface area (Å²) in [6, 6.07) is 3.67. The molecule has 0 radical (unpaired) electrons. The molecule has 1 aliphatic carbocycles. The van der Waals surface area contributed by atoms with Gasteiger partial charge >= 0.3 is 6.09 Å². The molecule has 0 unspecified atom stereocenters. The third-order valence-corrected chi connectivity index (χ3v) is 4.96. The van der Waals surface area contributed by atoms with Crippen molar-refractivity contribution in [3.05, 3.63) is 28.7 Å². The molecule has 1 amide bonds. The summed E-state index contributed by atoms with van der Waals surface area (Å²) in [5.74, 6) is 0.529. The number of alkyl carbamates (subject to hydrolysis) is 1. The number of nitrogens with zero attached hydrogens (tertiary/aromatic N) is 3. The van der Waals surface area contributed by atoms with Gasteiger partial charge in [0.25, 0.3) is 5.56 Å². The number of anilines is 1. The van der Waals surface area contributed by atoms with Gasteiger partial charge in [0.15, 0.2) is 0 Å². The maximum atomic E-state index is 12.2. The quantitative estimate of drug-likeness (QED) is 0.812. The van der Waals surface area contributed by atoms with Crippen LogP contribution in [0.25, 0.3) is 11.0 Å². The van der Waals surface area contributed by atoms with Crippen LogP contribution >= 0.6 is 0 Å². The number of aromatic nitrogens is 3. The van der Waals surface area contributed by atoms with E-state index in [1.807, 2.05) is 34.6 Å². The Balaban J connectivity index is 1.62. The minimum Gasteiger partial charge on any atom is -0.444 e. The molecular formula is C21H31N5O3. The Hall–Kier alpha value is -2.64. The smallest absolute Gasteiger partial charge is 0.407 e. The van der Waals surface area contributed by atoms with Crippen molar-refractivity contribution in [2.75, 3.05) is 5.32 Å². The van der Waals surface area contributed by atoms with Gasteiger partial charge in [0.1, 0.15) is 11.2 Å². The largest absolute Gasteiger partial charge is 0.444 e. The minimum atomic E-state index is -0.493.